The predicted octanol–water partition coefficient (Wildman–Crippen LogP) is 4.88. The zero-order valence-electron chi connectivity index (χ0n) is 18.6. The molecule has 34 heavy (non-hydrogen) atoms. The third-order valence-electron chi connectivity index (χ3n) is 7.22. The van der Waals surface area contributed by atoms with Crippen molar-refractivity contribution < 1.29 is 13.5 Å². The molecule has 4 aromatic rings. The largest absolute Gasteiger partial charge is 0.373 e. The molecule has 2 atom stereocenters. The highest BCUT2D eigenvalue weighted by Crippen LogP contribution is 2.40. The third-order valence-corrected chi connectivity index (χ3v) is 7.22. The minimum absolute atomic E-state index is 0.0576. The van der Waals surface area contributed by atoms with Crippen LogP contribution in [0.5, 0.6) is 0 Å². The molecule has 174 valence electrons. The van der Waals surface area contributed by atoms with Gasteiger partial charge in [0.05, 0.1) is 18.3 Å². The van der Waals surface area contributed by atoms with E-state index in [9.17, 15) is 8.78 Å². The Labute approximate surface area is 194 Å². The number of hydrogen-bond donors (Lipinski definition) is 0. The highest BCUT2D eigenvalue weighted by molar-refractivity contribution is 5.88. The van der Waals surface area contributed by atoms with Crippen molar-refractivity contribution in [3.63, 3.8) is 0 Å². The summed E-state index contributed by atoms with van der Waals surface area (Å²) in [7, 11) is 0. The summed E-state index contributed by atoms with van der Waals surface area (Å²) in [4.78, 5) is 14.5. The summed E-state index contributed by atoms with van der Waals surface area (Å²) in [6.45, 7) is 1.43. The number of rotatable bonds is 4. The topological polar surface area (TPSA) is 70.7 Å². The molecule has 0 amide bonds. The summed E-state index contributed by atoms with van der Waals surface area (Å²) in [5.41, 5.74) is 3.08. The summed E-state index contributed by atoms with van der Waals surface area (Å²) in [6.07, 6.45) is 9.68. The fourth-order valence-electron chi connectivity index (χ4n) is 5.26. The van der Waals surface area contributed by atoms with Crippen LogP contribution in [0.25, 0.3) is 22.4 Å². The lowest BCUT2D eigenvalue weighted by molar-refractivity contribution is 0.00396. The van der Waals surface area contributed by atoms with Crippen LogP contribution in [0.1, 0.15) is 67.4 Å². The average molecular weight is 463 g/mol. The van der Waals surface area contributed by atoms with E-state index in [1.807, 2.05) is 10.9 Å². The number of nitrogens with zero attached hydrogens (tertiary/aromatic N) is 6. The van der Waals surface area contributed by atoms with Gasteiger partial charge in [0, 0.05) is 48.9 Å². The smallest absolute Gasteiger partial charge is 0.164 e. The maximum Gasteiger partial charge on any atom is 0.164 e. The van der Waals surface area contributed by atoms with Crippen molar-refractivity contribution >= 4 is 11.2 Å². The quantitative estimate of drug-likeness (QED) is 0.432. The Kier molecular flexibility index (Phi) is 4.55. The Morgan fingerprint density at radius 1 is 1.06 bits per heavy atom. The molecule has 0 unspecified atom stereocenters. The lowest BCUT2D eigenvalue weighted by Crippen LogP contribution is -2.20. The molecule has 3 aromatic heterocycles. The van der Waals surface area contributed by atoms with E-state index in [4.69, 9.17) is 19.7 Å². The van der Waals surface area contributed by atoms with Gasteiger partial charge in [0.25, 0.3) is 0 Å². The molecular formula is C25H24F2N6O. The van der Waals surface area contributed by atoms with Crippen LogP contribution in [0.2, 0.25) is 0 Å². The van der Waals surface area contributed by atoms with Gasteiger partial charge in [0.2, 0.25) is 0 Å². The summed E-state index contributed by atoms with van der Waals surface area (Å²) >= 11 is 0. The van der Waals surface area contributed by atoms with Crippen LogP contribution in [0.4, 0.5) is 8.78 Å². The number of imidazole rings is 1. The maximum atomic E-state index is 14.8. The Hall–Kier alpha value is -3.20. The molecule has 0 bridgehead atoms. The second kappa shape index (κ2) is 7.66. The summed E-state index contributed by atoms with van der Waals surface area (Å²) in [5, 5.41) is 4.52. The zero-order valence-corrected chi connectivity index (χ0v) is 18.6. The van der Waals surface area contributed by atoms with Crippen molar-refractivity contribution in [1.29, 1.82) is 0 Å². The molecule has 2 fully saturated rings. The van der Waals surface area contributed by atoms with Gasteiger partial charge in [-0.3, -0.25) is 4.68 Å². The predicted molar refractivity (Wildman–Crippen MR) is 120 cm³/mol. The first-order chi connectivity index (χ1) is 16.6. The first-order valence-electron chi connectivity index (χ1n) is 12.0. The number of aromatic nitrogens is 6. The summed E-state index contributed by atoms with van der Waals surface area (Å²) < 4.78 is 38.7. The first kappa shape index (κ1) is 20.2. The van der Waals surface area contributed by atoms with Crippen molar-refractivity contribution in [3.8, 4) is 11.3 Å². The van der Waals surface area contributed by atoms with E-state index in [1.165, 1.54) is 25.0 Å². The highest BCUT2D eigenvalue weighted by Gasteiger charge is 2.32. The normalized spacial score (nSPS) is 22.4. The third kappa shape index (κ3) is 3.33. The maximum absolute atomic E-state index is 14.8. The van der Waals surface area contributed by atoms with Gasteiger partial charge < -0.3 is 9.30 Å². The molecular weight excluding hydrogens is 438 g/mol. The van der Waals surface area contributed by atoms with Gasteiger partial charge in [0.15, 0.2) is 5.65 Å². The first-order valence-corrected chi connectivity index (χ1v) is 12.0. The molecule has 9 heteroatoms. The lowest BCUT2D eigenvalue weighted by atomic mass is 9.92. The number of ether oxygens (including phenoxy) is 1. The van der Waals surface area contributed by atoms with E-state index < -0.39 is 11.6 Å². The van der Waals surface area contributed by atoms with Gasteiger partial charge in [-0.1, -0.05) is 0 Å². The highest BCUT2D eigenvalue weighted by atomic mass is 19.1. The van der Waals surface area contributed by atoms with Crippen molar-refractivity contribution in [2.75, 3.05) is 6.61 Å². The van der Waals surface area contributed by atoms with Crippen LogP contribution >= 0.6 is 0 Å². The second-order valence-corrected chi connectivity index (χ2v) is 9.58. The SMILES string of the molecule is Fc1ccc(-c2nc([C@@H]3CCO[C@H](c4cnn(C5CC5)c4)C3)nc3c2nc2n3CCC2)c(F)c1. The van der Waals surface area contributed by atoms with Crippen molar-refractivity contribution in [2.45, 2.75) is 63.1 Å². The molecule has 0 N–H and O–H groups in total. The Morgan fingerprint density at radius 3 is 2.82 bits per heavy atom. The molecule has 2 aliphatic heterocycles. The Bertz CT molecular complexity index is 1410. The molecule has 1 aliphatic carbocycles. The standard InChI is InChI=1S/C25H24F2N6O/c26-16-3-6-18(19(27)11-16)22-23-25(32-8-1-2-21(32)29-23)31-24(30-22)14-7-9-34-20(10-14)15-12-28-33(13-15)17-4-5-17/h3,6,11-14,17,20H,1-2,4-5,7-10H2/t14-,20+/m1/s1. The van der Waals surface area contributed by atoms with Crippen molar-refractivity contribution in [1.82, 2.24) is 29.3 Å². The van der Waals surface area contributed by atoms with E-state index >= 15 is 0 Å². The fourth-order valence-corrected chi connectivity index (χ4v) is 5.26. The number of fused-ring (bicyclic) bond motifs is 3. The molecule has 0 radical (unpaired) electrons. The van der Waals surface area contributed by atoms with Crippen molar-refractivity contribution in [3.05, 3.63) is 59.4 Å². The van der Waals surface area contributed by atoms with E-state index in [2.05, 4.69) is 15.9 Å². The molecule has 1 aromatic carbocycles. The molecule has 0 spiro atoms. The summed E-state index contributed by atoms with van der Waals surface area (Å²) in [5.74, 6) is 0.420. The van der Waals surface area contributed by atoms with Crippen LogP contribution in [-0.2, 0) is 17.7 Å². The number of halogens is 2. The fraction of sp³-hybridized carbons (Fsp3) is 0.440. The molecule has 3 aliphatic rings. The number of benzene rings is 1. The lowest BCUT2D eigenvalue weighted by Gasteiger charge is -2.28. The van der Waals surface area contributed by atoms with Gasteiger partial charge in [-0.05, 0) is 44.2 Å². The average Bonchev–Trinajstić information content (AvgIpc) is 3.24. The number of hydrogen-bond acceptors (Lipinski definition) is 5. The second-order valence-electron chi connectivity index (χ2n) is 9.58. The van der Waals surface area contributed by atoms with Crippen LogP contribution < -0.4 is 0 Å². The molecule has 5 heterocycles. The van der Waals surface area contributed by atoms with Crippen LogP contribution in [0.15, 0.2) is 30.6 Å². The molecule has 7 nitrogen and oxygen atoms in total. The van der Waals surface area contributed by atoms with Gasteiger partial charge in [-0.15, -0.1) is 0 Å². The number of aryl methyl sites for hydroxylation is 2. The van der Waals surface area contributed by atoms with Crippen LogP contribution in [-0.4, -0.2) is 35.9 Å². The molecule has 1 saturated heterocycles. The molecule has 1 saturated carbocycles. The summed E-state index contributed by atoms with van der Waals surface area (Å²) in [6, 6.07) is 4.13. The van der Waals surface area contributed by atoms with Gasteiger partial charge in [-0.2, -0.15) is 5.10 Å². The minimum Gasteiger partial charge on any atom is -0.373 e. The minimum atomic E-state index is -0.642. The van der Waals surface area contributed by atoms with E-state index in [1.54, 1.807) is 0 Å². The van der Waals surface area contributed by atoms with Gasteiger partial charge >= 0.3 is 0 Å². The van der Waals surface area contributed by atoms with Gasteiger partial charge in [-0.25, -0.2) is 23.7 Å². The molecule has 7 rings (SSSR count). The van der Waals surface area contributed by atoms with E-state index in [0.29, 0.717) is 29.7 Å². The zero-order chi connectivity index (χ0) is 22.8. The van der Waals surface area contributed by atoms with E-state index in [-0.39, 0.29) is 17.6 Å². The van der Waals surface area contributed by atoms with Gasteiger partial charge in [0.1, 0.15) is 34.5 Å². The van der Waals surface area contributed by atoms with Crippen LogP contribution in [0.3, 0.4) is 0 Å². The Morgan fingerprint density at radius 2 is 1.97 bits per heavy atom. The Balaban J connectivity index is 1.30. The van der Waals surface area contributed by atoms with Crippen molar-refractivity contribution in [2.24, 2.45) is 0 Å². The monoisotopic (exact) mass is 462 g/mol. The van der Waals surface area contributed by atoms with E-state index in [0.717, 1.165) is 55.3 Å². The van der Waals surface area contributed by atoms with Crippen LogP contribution in [0, 0.1) is 11.6 Å².